The van der Waals surface area contributed by atoms with E-state index in [4.69, 9.17) is 14.5 Å². The molecule has 142 valence electrons. The fourth-order valence-electron chi connectivity index (χ4n) is 4.03. The van der Waals surface area contributed by atoms with Gasteiger partial charge in [-0.1, -0.05) is 18.2 Å². The summed E-state index contributed by atoms with van der Waals surface area (Å²) in [6, 6.07) is 9.91. The lowest BCUT2D eigenvalue weighted by molar-refractivity contribution is -0.161. The number of ether oxygens (including phenoxy) is 2. The Morgan fingerprint density at radius 2 is 1.70 bits per heavy atom. The third-order valence-corrected chi connectivity index (χ3v) is 6.22. The van der Waals surface area contributed by atoms with Crippen molar-refractivity contribution in [2.24, 2.45) is 5.41 Å². The summed E-state index contributed by atoms with van der Waals surface area (Å²) in [7, 11) is 1.94. The highest BCUT2D eigenvalue weighted by Crippen LogP contribution is 2.55. The second kappa shape index (κ2) is 5.79. The van der Waals surface area contributed by atoms with Gasteiger partial charge in [0.1, 0.15) is 5.60 Å². The van der Waals surface area contributed by atoms with Crippen LogP contribution in [0, 0.1) is 5.41 Å². The molecule has 2 fully saturated rings. The van der Waals surface area contributed by atoms with E-state index >= 15 is 0 Å². The molecule has 0 aliphatic carbocycles. The van der Waals surface area contributed by atoms with Crippen LogP contribution in [0.2, 0.25) is 0 Å². The zero-order chi connectivity index (χ0) is 19.4. The minimum atomic E-state index is -1.23. The summed E-state index contributed by atoms with van der Waals surface area (Å²) in [4.78, 5) is 31.9. The molecule has 2 aliphatic heterocycles. The van der Waals surface area contributed by atoms with Crippen LogP contribution in [-0.4, -0.2) is 29.6 Å². The van der Waals surface area contributed by atoms with Crippen molar-refractivity contribution in [2.45, 2.75) is 44.8 Å². The van der Waals surface area contributed by atoms with Gasteiger partial charge in [-0.15, -0.1) is 11.3 Å². The molecule has 0 N–H and O–H groups in total. The molecule has 3 heterocycles. The van der Waals surface area contributed by atoms with Crippen LogP contribution in [0.15, 0.2) is 35.7 Å². The molecule has 0 saturated carbocycles. The zero-order valence-electron chi connectivity index (χ0n) is 15.8. The summed E-state index contributed by atoms with van der Waals surface area (Å²) in [5.74, 6) is -0.996. The van der Waals surface area contributed by atoms with Crippen molar-refractivity contribution in [2.75, 3.05) is 11.9 Å². The number of nitrogens with zero attached hydrogens (tertiary/aromatic N) is 2. The van der Waals surface area contributed by atoms with E-state index in [2.05, 4.69) is 0 Å². The second-order valence-corrected chi connectivity index (χ2v) is 8.95. The number of carbonyl (C=O) groups excluding carboxylic acids is 2. The van der Waals surface area contributed by atoms with Gasteiger partial charge < -0.3 is 14.4 Å². The number of benzene rings is 1. The third-order valence-electron chi connectivity index (χ3n) is 5.30. The summed E-state index contributed by atoms with van der Waals surface area (Å²) >= 11 is 1.48. The van der Waals surface area contributed by atoms with Crippen molar-refractivity contribution in [3.05, 3.63) is 41.4 Å². The highest BCUT2D eigenvalue weighted by molar-refractivity contribution is 7.13. The molecule has 2 atom stereocenters. The lowest BCUT2D eigenvalue weighted by atomic mass is 9.75. The Labute approximate surface area is 162 Å². The summed E-state index contributed by atoms with van der Waals surface area (Å²) in [6.45, 7) is 5.45. The van der Waals surface area contributed by atoms with Crippen molar-refractivity contribution >= 4 is 34.1 Å². The van der Waals surface area contributed by atoms with Crippen LogP contribution >= 0.6 is 11.3 Å². The Morgan fingerprint density at radius 1 is 1.04 bits per heavy atom. The number of thiazole rings is 1. The molecule has 0 radical (unpaired) electrons. The van der Waals surface area contributed by atoms with E-state index in [9.17, 15) is 9.59 Å². The van der Waals surface area contributed by atoms with E-state index in [1.54, 1.807) is 0 Å². The van der Waals surface area contributed by atoms with Crippen molar-refractivity contribution in [3.8, 4) is 0 Å². The number of para-hydroxylation sites is 1. The largest absolute Gasteiger partial charge is 0.459 e. The standard InChI is InChI=1S/C20H22N2O4S/c1-18(2)11-20(15(23)25-18)12-19(3,26-16(20)24)14-10-27-17(21-14)22(4)13-8-6-5-7-9-13/h5-10H,11-12H2,1-4H3/t19-,20-/m1/s1. The van der Waals surface area contributed by atoms with Crippen molar-refractivity contribution in [1.82, 2.24) is 4.98 Å². The van der Waals surface area contributed by atoms with Crippen molar-refractivity contribution in [3.63, 3.8) is 0 Å². The highest BCUT2D eigenvalue weighted by Gasteiger charge is 2.67. The van der Waals surface area contributed by atoms with E-state index in [-0.39, 0.29) is 6.42 Å². The van der Waals surface area contributed by atoms with Gasteiger partial charge in [-0.2, -0.15) is 0 Å². The smallest absolute Gasteiger partial charge is 0.324 e. The predicted molar refractivity (Wildman–Crippen MR) is 102 cm³/mol. The molecule has 4 rings (SSSR count). The van der Waals surface area contributed by atoms with Gasteiger partial charge in [0.15, 0.2) is 16.1 Å². The van der Waals surface area contributed by atoms with Crippen LogP contribution in [-0.2, 0) is 24.7 Å². The van der Waals surface area contributed by atoms with Gasteiger partial charge in [0.05, 0.1) is 5.69 Å². The normalized spacial score (nSPS) is 29.0. The Bertz CT molecular complexity index is 910. The number of rotatable bonds is 3. The fourth-order valence-corrected chi connectivity index (χ4v) is 4.96. The maximum Gasteiger partial charge on any atom is 0.324 e. The zero-order valence-corrected chi connectivity index (χ0v) is 16.6. The minimum Gasteiger partial charge on any atom is -0.459 e. The molecule has 0 unspecified atom stereocenters. The Morgan fingerprint density at radius 3 is 2.33 bits per heavy atom. The van der Waals surface area contributed by atoms with E-state index in [0.717, 1.165) is 10.8 Å². The summed E-state index contributed by atoms with van der Waals surface area (Å²) < 4.78 is 11.1. The van der Waals surface area contributed by atoms with Gasteiger partial charge in [-0.25, -0.2) is 4.98 Å². The van der Waals surface area contributed by atoms with Gasteiger partial charge in [-0.3, -0.25) is 9.59 Å². The molecule has 7 heteroatoms. The predicted octanol–water partition coefficient (Wildman–Crippen LogP) is 3.79. The summed E-state index contributed by atoms with van der Waals surface area (Å²) in [5.41, 5.74) is -1.16. The number of anilines is 2. The third kappa shape index (κ3) is 2.81. The summed E-state index contributed by atoms with van der Waals surface area (Å²) in [5, 5.41) is 2.69. The topological polar surface area (TPSA) is 68.7 Å². The number of cyclic esters (lactones) is 2. The first-order valence-corrected chi connectivity index (χ1v) is 9.75. The van der Waals surface area contributed by atoms with Crippen molar-refractivity contribution in [1.29, 1.82) is 0 Å². The molecule has 1 spiro atoms. The Hall–Kier alpha value is -2.41. The number of aromatic nitrogens is 1. The van der Waals surface area contributed by atoms with Crippen LogP contribution in [0.3, 0.4) is 0 Å². The molecule has 1 aromatic heterocycles. The minimum absolute atomic E-state index is 0.249. The number of esters is 2. The lowest BCUT2D eigenvalue weighted by Gasteiger charge is -2.21. The first-order chi connectivity index (χ1) is 12.7. The quantitative estimate of drug-likeness (QED) is 0.591. The molecule has 2 aromatic rings. The highest BCUT2D eigenvalue weighted by atomic mass is 32.1. The second-order valence-electron chi connectivity index (χ2n) is 8.12. The van der Waals surface area contributed by atoms with Crippen LogP contribution in [0.5, 0.6) is 0 Å². The molecule has 1 aromatic carbocycles. The van der Waals surface area contributed by atoms with Gasteiger partial charge >= 0.3 is 11.9 Å². The first-order valence-electron chi connectivity index (χ1n) is 8.87. The van der Waals surface area contributed by atoms with Crippen LogP contribution < -0.4 is 4.90 Å². The van der Waals surface area contributed by atoms with Gasteiger partial charge in [-0.05, 0) is 32.9 Å². The van der Waals surface area contributed by atoms with E-state index in [1.807, 2.05) is 68.4 Å². The average Bonchev–Trinajstić information content (AvgIpc) is 3.25. The van der Waals surface area contributed by atoms with Crippen LogP contribution in [0.4, 0.5) is 10.8 Å². The Kier molecular flexibility index (Phi) is 3.86. The van der Waals surface area contributed by atoms with E-state index in [0.29, 0.717) is 12.1 Å². The molecule has 2 aliphatic rings. The summed E-state index contributed by atoms with van der Waals surface area (Å²) in [6.07, 6.45) is 0.577. The van der Waals surface area contributed by atoms with Crippen LogP contribution in [0.1, 0.15) is 39.3 Å². The average molecular weight is 386 g/mol. The lowest BCUT2D eigenvalue weighted by Crippen LogP contribution is -2.32. The number of hydrogen-bond acceptors (Lipinski definition) is 7. The molecule has 6 nitrogen and oxygen atoms in total. The van der Waals surface area contributed by atoms with Gasteiger partial charge in [0.2, 0.25) is 0 Å². The number of carbonyl (C=O) groups is 2. The molecule has 0 bridgehead atoms. The fraction of sp³-hybridized carbons (Fsp3) is 0.450. The van der Waals surface area contributed by atoms with Gasteiger partial charge in [0.25, 0.3) is 0 Å². The molecule has 2 saturated heterocycles. The molecule has 27 heavy (non-hydrogen) atoms. The van der Waals surface area contributed by atoms with E-state index < -0.39 is 28.6 Å². The maximum atomic E-state index is 12.7. The number of hydrogen-bond donors (Lipinski definition) is 0. The van der Waals surface area contributed by atoms with Gasteiger partial charge in [0, 0.05) is 31.0 Å². The Balaban J connectivity index is 1.62. The SMILES string of the molecule is CN(c1ccccc1)c1nc([C@@]2(C)C[C@@]3(CC(C)(C)OC3=O)C(=O)O2)cs1. The molecule has 0 amide bonds. The maximum absolute atomic E-state index is 12.7. The van der Waals surface area contributed by atoms with Crippen molar-refractivity contribution < 1.29 is 19.1 Å². The monoisotopic (exact) mass is 386 g/mol. The van der Waals surface area contributed by atoms with Crippen LogP contribution in [0.25, 0.3) is 0 Å². The molecular formula is C20H22N2O4S. The first kappa shape index (κ1) is 18.0. The van der Waals surface area contributed by atoms with E-state index in [1.165, 1.54) is 11.3 Å². The molecular weight excluding hydrogens is 364 g/mol.